The van der Waals surface area contributed by atoms with Crippen LogP contribution in [0, 0.1) is 0 Å². The number of aromatic amines is 1. The molecular formula is C22H23N3O5S. The van der Waals surface area contributed by atoms with Gasteiger partial charge in [-0.05, 0) is 49.3 Å². The van der Waals surface area contributed by atoms with Gasteiger partial charge in [0.2, 0.25) is 0 Å². The maximum Gasteiger partial charge on any atom is 0.306 e. The van der Waals surface area contributed by atoms with Crippen LogP contribution < -0.4 is 14.2 Å². The van der Waals surface area contributed by atoms with Gasteiger partial charge in [0.15, 0.2) is 11.5 Å². The summed E-state index contributed by atoms with van der Waals surface area (Å²) in [5.41, 5.74) is 4.48. The van der Waals surface area contributed by atoms with Crippen LogP contribution in [0.25, 0.3) is 22.2 Å². The van der Waals surface area contributed by atoms with Gasteiger partial charge in [-0.1, -0.05) is 6.07 Å². The number of ether oxygens (including phenoxy) is 1. The second-order valence-corrected chi connectivity index (χ2v) is 9.59. The van der Waals surface area contributed by atoms with E-state index in [9.17, 15) is 13.2 Å². The number of carbonyl (C=O) groups excluding carboxylic acids is 1. The van der Waals surface area contributed by atoms with Crippen LogP contribution in [0.15, 0.2) is 30.3 Å². The van der Waals surface area contributed by atoms with Crippen molar-refractivity contribution in [2.75, 3.05) is 26.5 Å². The number of carbonyl (C=O) groups is 1. The van der Waals surface area contributed by atoms with E-state index in [1.54, 1.807) is 6.07 Å². The Morgan fingerprint density at radius 2 is 1.97 bits per heavy atom. The van der Waals surface area contributed by atoms with Gasteiger partial charge >= 0.3 is 10.1 Å². The summed E-state index contributed by atoms with van der Waals surface area (Å²) in [6.07, 6.45) is 2.22. The molecule has 0 aliphatic carbocycles. The monoisotopic (exact) mass is 441 g/mol. The number of benzene rings is 2. The molecule has 5 rings (SSSR count). The van der Waals surface area contributed by atoms with Gasteiger partial charge in [0.25, 0.3) is 5.91 Å². The molecule has 9 heteroatoms. The molecule has 31 heavy (non-hydrogen) atoms. The van der Waals surface area contributed by atoms with E-state index in [4.69, 9.17) is 8.92 Å². The molecule has 1 fully saturated rings. The Bertz CT molecular complexity index is 1310. The second kappa shape index (κ2) is 7.28. The molecule has 0 radical (unpaired) electrons. The van der Waals surface area contributed by atoms with Gasteiger partial charge in [0, 0.05) is 40.8 Å². The molecular weight excluding hydrogens is 418 g/mol. The molecule has 1 aromatic heterocycles. The minimum Gasteiger partial charge on any atom is -0.493 e. The van der Waals surface area contributed by atoms with Gasteiger partial charge in [-0.2, -0.15) is 8.42 Å². The van der Waals surface area contributed by atoms with E-state index in [1.165, 1.54) is 19.1 Å². The van der Waals surface area contributed by atoms with Crippen LogP contribution >= 0.6 is 0 Å². The van der Waals surface area contributed by atoms with E-state index < -0.39 is 10.1 Å². The van der Waals surface area contributed by atoms with Crippen LogP contribution in [0.3, 0.4) is 0 Å². The Morgan fingerprint density at radius 3 is 2.65 bits per heavy atom. The Morgan fingerprint density at radius 1 is 1.16 bits per heavy atom. The van der Waals surface area contributed by atoms with Gasteiger partial charge in [-0.25, -0.2) is 0 Å². The molecule has 162 valence electrons. The first-order valence-corrected chi connectivity index (χ1v) is 11.9. The number of hydrogen-bond donors (Lipinski definition) is 2. The van der Waals surface area contributed by atoms with Crippen molar-refractivity contribution in [2.24, 2.45) is 0 Å². The second-order valence-electron chi connectivity index (χ2n) is 8.01. The van der Waals surface area contributed by atoms with Crippen molar-refractivity contribution in [2.45, 2.75) is 19.5 Å². The normalized spacial score (nSPS) is 16.1. The highest BCUT2D eigenvalue weighted by Gasteiger charge is 2.32. The van der Waals surface area contributed by atoms with Gasteiger partial charge in [-0.15, -0.1) is 0 Å². The fraction of sp³-hybridized carbons (Fsp3) is 0.318. The van der Waals surface area contributed by atoms with Gasteiger partial charge < -0.3 is 19.2 Å². The highest BCUT2D eigenvalue weighted by atomic mass is 32.2. The van der Waals surface area contributed by atoms with Gasteiger partial charge in [-0.3, -0.25) is 9.69 Å². The first-order valence-electron chi connectivity index (χ1n) is 10.1. The molecule has 8 nitrogen and oxygen atoms in total. The lowest BCUT2D eigenvalue weighted by Gasteiger charge is -2.30. The third-order valence-electron chi connectivity index (χ3n) is 5.78. The topological polar surface area (TPSA) is 101 Å². The molecule has 0 saturated carbocycles. The lowest BCUT2D eigenvalue weighted by molar-refractivity contribution is 0.0966. The molecule has 2 aliphatic rings. The minimum atomic E-state index is -3.79. The van der Waals surface area contributed by atoms with E-state index in [-0.39, 0.29) is 24.0 Å². The number of methoxy groups -OCH3 is 1. The van der Waals surface area contributed by atoms with Crippen LogP contribution in [0.4, 0.5) is 0 Å². The number of nitrogens with zero attached hydrogens (tertiary/aromatic N) is 1. The van der Waals surface area contributed by atoms with Gasteiger partial charge in [0.1, 0.15) is 0 Å². The summed E-state index contributed by atoms with van der Waals surface area (Å²) in [6, 6.07) is 9.98. The Balaban J connectivity index is 1.62. The van der Waals surface area contributed by atoms with Crippen molar-refractivity contribution in [1.29, 1.82) is 0 Å². The standard InChI is InChI=1S/C22H23N3O5S/c1-29-19-10-15(20-16(11-23-22(20)26)21(19)30-31(2,27)28)18-9-14-8-13(4-5-17(14)24-18)12-25-6-3-7-25/h4-5,8-10,24H,3,6-7,11-12H2,1-2H3,(H,23,26). The number of likely N-dealkylation sites (tertiary alicyclic amines) is 1. The average molecular weight is 442 g/mol. The molecule has 2 aliphatic heterocycles. The molecule has 1 saturated heterocycles. The van der Waals surface area contributed by atoms with E-state index in [0.717, 1.165) is 42.5 Å². The van der Waals surface area contributed by atoms with Crippen molar-refractivity contribution in [3.63, 3.8) is 0 Å². The zero-order valence-electron chi connectivity index (χ0n) is 17.3. The predicted octanol–water partition coefficient (Wildman–Crippen LogP) is 2.63. The molecule has 0 unspecified atom stereocenters. The van der Waals surface area contributed by atoms with Crippen molar-refractivity contribution < 1.29 is 22.1 Å². The molecule has 3 aromatic rings. The van der Waals surface area contributed by atoms with E-state index in [2.05, 4.69) is 27.3 Å². The highest BCUT2D eigenvalue weighted by molar-refractivity contribution is 7.86. The summed E-state index contributed by atoms with van der Waals surface area (Å²) in [5.74, 6) is 0.0333. The van der Waals surface area contributed by atoms with Crippen molar-refractivity contribution >= 4 is 26.9 Å². The molecule has 3 heterocycles. The largest absolute Gasteiger partial charge is 0.493 e. The number of fused-ring (bicyclic) bond motifs is 2. The van der Waals surface area contributed by atoms with Crippen molar-refractivity contribution in [3.8, 4) is 22.8 Å². The van der Waals surface area contributed by atoms with Crippen LogP contribution in [0.5, 0.6) is 11.5 Å². The summed E-state index contributed by atoms with van der Waals surface area (Å²) in [7, 11) is -2.35. The Labute approximate surface area is 180 Å². The predicted molar refractivity (Wildman–Crippen MR) is 117 cm³/mol. The Hall–Kier alpha value is -3.04. The van der Waals surface area contributed by atoms with Crippen molar-refractivity contribution in [3.05, 3.63) is 47.0 Å². The summed E-state index contributed by atoms with van der Waals surface area (Å²) in [5, 5.41) is 3.81. The number of rotatable bonds is 6. The third kappa shape index (κ3) is 3.64. The summed E-state index contributed by atoms with van der Waals surface area (Å²) in [6.45, 7) is 3.38. The Kier molecular flexibility index (Phi) is 4.67. The van der Waals surface area contributed by atoms with Crippen molar-refractivity contribution in [1.82, 2.24) is 15.2 Å². The molecule has 0 bridgehead atoms. The smallest absolute Gasteiger partial charge is 0.306 e. The molecule has 2 aromatic carbocycles. The van der Waals surface area contributed by atoms with E-state index in [0.29, 0.717) is 16.7 Å². The van der Waals surface area contributed by atoms with Crippen LogP contribution in [-0.2, 0) is 23.2 Å². The minimum absolute atomic E-state index is 0.0510. The molecule has 2 N–H and O–H groups in total. The quantitative estimate of drug-likeness (QED) is 0.571. The maximum absolute atomic E-state index is 12.6. The zero-order chi connectivity index (χ0) is 21.8. The number of nitrogens with one attached hydrogen (secondary N) is 2. The first kappa shape index (κ1) is 19.9. The van der Waals surface area contributed by atoms with E-state index >= 15 is 0 Å². The lowest BCUT2D eigenvalue weighted by atomic mass is 9.98. The number of amides is 1. The van der Waals surface area contributed by atoms with Crippen LogP contribution in [0.2, 0.25) is 0 Å². The third-order valence-corrected chi connectivity index (χ3v) is 6.25. The van der Waals surface area contributed by atoms with Crippen LogP contribution in [-0.4, -0.2) is 50.7 Å². The highest BCUT2D eigenvalue weighted by Crippen LogP contribution is 2.43. The molecule has 0 spiro atoms. The van der Waals surface area contributed by atoms with E-state index in [1.807, 2.05) is 12.1 Å². The molecule has 0 atom stereocenters. The summed E-state index contributed by atoms with van der Waals surface area (Å²) < 4.78 is 34.1. The lowest BCUT2D eigenvalue weighted by Crippen LogP contribution is -2.36. The number of hydrogen-bond acceptors (Lipinski definition) is 6. The SMILES string of the molecule is COc1cc(-c2cc3cc(CN4CCC4)ccc3[nH]2)c2c(c1OS(C)(=O)=O)CNC2=O. The maximum atomic E-state index is 12.6. The number of aromatic nitrogens is 1. The fourth-order valence-corrected chi connectivity index (χ4v) is 4.69. The number of H-pyrrole nitrogens is 1. The first-order chi connectivity index (χ1) is 14.8. The summed E-state index contributed by atoms with van der Waals surface area (Å²) in [4.78, 5) is 18.4. The van der Waals surface area contributed by atoms with Crippen LogP contribution in [0.1, 0.15) is 27.9 Å². The van der Waals surface area contributed by atoms with Gasteiger partial charge in [0.05, 0.1) is 18.9 Å². The average Bonchev–Trinajstić information content (AvgIpc) is 3.27. The zero-order valence-corrected chi connectivity index (χ0v) is 18.1. The fourth-order valence-electron chi connectivity index (χ4n) is 4.21. The summed E-state index contributed by atoms with van der Waals surface area (Å²) >= 11 is 0. The molecule has 1 amide bonds.